The Morgan fingerprint density at radius 1 is 0.694 bits per heavy atom. The van der Waals surface area contributed by atoms with Crippen LogP contribution in [0.15, 0.2) is 103 Å². The molecular weight excluding hydrogens is 612 g/mol. The lowest BCUT2D eigenvalue weighted by molar-refractivity contribution is -0.105. The van der Waals surface area contributed by atoms with Crippen molar-refractivity contribution >= 4 is 17.9 Å². The van der Waals surface area contributed by atoms with E-state index in [0.717, 1.165) is 83.3 Å². The van der Waals surface area contributed by atoms with Crippen LogP contribution in [-0.4, -0.2) is 57.1 Å². The van der Waals surface area contributed by atoms with Gasteiger partial charge >= 0.3 is 0 Å². The molecule has 0 radical (unpaired) electrons. The summed E-state index contributed by atoms with van der Waals surface area (Å²) in [6.45, 7) is 4.51. The maximum atomic E-state index is 13.5. The third-order valence-electron chi connectivity index (χ3n) is 8.47. The van der Waals surface area contributed by atoms with Gasteiger partial charge in [-0.05, 0) is 98.4 Å². The number of aryl methyl sites for hydroxylation is 2. The minimum Gasteiger partial charge on any atom is -0.487 e. The molecule has 0 aromatic heterocycles. The van der Waals surface area contributed by atoms with Gasteiger partial charge in [-0.15, -0.1) is 0 Å². The Hall–Kier alpha value is -4.30. The van der Waals surface area contributed by atoms with Crippen LogP contribution >= 0.6 is 0 Å². The first-order valence-corrected chi connectivity index (χ1v) is 17.6. The molecule has 0 heterocycles. The first-order chi connectivity index (χ1) is 24.1. The molecule has 0 spiro atoms. The van der Waals surface area contributed by atoms with E-state index in [1.54, 1.807) is 25.3 Å². The molecule has 0 aliphatic rings. The van der Waals surface area contributed by atoms with Gasteiger partial charge in [-0.25, -0.2) is 0 Å². The number of ether oxygens (including phenoxy) is 3. The molecular formula is C42H52N2O5. The maximum Gasteiger partial charge on any atom is 0.211 e. The van der Waals surface area contributed by atoms with Gasteiger partial charge in [0.2, 0.25) is 6.41 Å². The smallest absolute Gasteiger partial charge is 0.211 e. The quantitative estimate of drug-likeness (QED) is 0.0436. The van der Waals surface area contributed by atoms with Crippen LogP contribution in [0.4, 0.5) is 5.69 Å². The number of benzene rings is 4. The lowest BCUT2D eigenvalue weighted by atomic mass is 10.0. The van der Waals surface area contributed by atoms with Gasteiger partial charge < -0.3 is 19.5 Å². The number of nitrogens with one attached hydrogen (secondary N) is 1. The Bertz CT molecular complexity index is 1500. The fourth-order valence-corrected chi connectivity index (χ4v) is 5.74. The molecule has 0 atom stereocenters. The molecule has 0 unspecified atom stereocenters. The van der Waals surface area contributed by atoms with Crippen molar-refractivity contribution in [2.75, 3.05) is 45.3 Å². The number of carbonyl (C=O) groups excluding carboxylic acids is 2. The topological polar surface area (TPSA) is 77.1 Å². The van der Waals surface area contributed by atoms with E-state index < -0.39 is 0 Å². The van der Waals surface area contributed by atoms with Crippen LogP contribution in [0.3, 0.4) is 0 Å². The van der Waals surface area contributed by atoms with Gasteiger partial charge in [-0.3, -0.25) is 14.5 Å². The number of hydrogen-bond donors (Lipinski definition) is 1. The number of Topliss-reactive ketones (excluding diaryl/α,β-unsaturated/α-hetero) is 1. The van der Waals surface area contributed by atoms with Crippen LogP contribution < -0.4 is 10.1 Å². The van der Waals surface area contributed by atoms with Crippen molar-refractivity contribution < 1.29 is 23.8 Å². The highest BCUT2D eigenvalue weighted by Gasteiger charge is 2.16. The second-order valence-corrected chi connectivity index (χ2v) is 12.4. The predicted molar refractivity (Wildman–Crippen MR) is 197 cm³/mol. The van der Waals surface area contributed by atoms with Gasteiger partial charge in [-0.1, -0.05) is 84.9 Å². The molecule has 1 amide bonds. The zero-order valence-corrected chi connectivity index (χ0v) is 29.0. The van der Waals surface area contributed by atoms with Gasteiger partial charge in [-0.2, -0.15) is 0 Å². The molecule has 0 fully saturated rings. The minimum absolute atomic E-state index is 0.000779. The predicted octanol–water partition coefficient (Wildman–Crippen LogP) is 8.31. The van der Waals surface area contributed by atoms with E-state index in [1.165, 1.54) is 16.7 Å². The molecule has 4 aromatic carbocycles. The summed E-state index contributed by atoms with van der Waals surface area (Å²) in [7, 11) is 1.75. The highest BCUT2D eigenvalue weighted by atomic mass is 16.5. The van der Waals surface area contributed by atoms with Crippen molar-refractivity contribution in [1.82, 2.24) is 4.90 Å². The first kappa shape index (κ1) is 37.5. The summed E-state index contributed by atoms with van der Waals surface area (Å²) in [6, 6.07) is 34.3. The summed E-state index contributed by atoms with van der Waals surface area (Å²) in [5.41, 5.74) is 5.97. The number of amides is 1. The number of anilines is 1. The summed E-state index contributed by atoms with van der Waals surface area (Å²) in [6.07, 6.45) is 9.02. The number of ketones is 1. The molecule has 7 heteroatoms. The van der Waals surface area contributed by atoms with E-state index >= 15 is 0 Å². The Labute approximate surface area is 292 Å². The van der Waals surface area contributed by atoms with Gasteiger partial charge in [0, 0.05) is 39.0 Å². The Morgan fingerprint density at radius 3 is 2.02 bits per heavy atom. The lowest BCUT2D eigenvalue weighted by Crippen LogP contribution is -2.30. The van der Waals surface area contributed by atoms with E-state index in [9.17, 15) is 9.59 Å². The molecule has 7 nitrogen and oxygen atoms in total. The van der Waals surface area contributed by atoms with Crippen LogP contribution in [0.25, 0.3) is 0 Å². The summed E-state index contributed by atoms with van der Waals surface area (Å²) in [4.78, 5) is 27.0. The van der Waals surface area contributed by atoms with E-state index in [-0.39, 0.29) is 12.3 Å². The summed E-state index contributed by atoms with van der Waals surface area (Å²) >= 11 is 0. The average Bonchev–Trinajstić information content (AvgIpc) is 3.13. The van der Waals surface area contributed by atoms with Crippen LogP contribution in [-0.2, 0) is 40.3 Å². The van der Waals surface area contributed by atoms with Crippen LogP contribution in [0.2, 0.25) is 0 Å². The van der Waals surface area contributed by atoms with Crippen LogP contribution in [0.1, 0.15) is 71.1 Å². The summed E-state index contributed by atoms with van der Waals surface area (Å²) < 4.78 is 17.0. The SMILES string of the molecule is COCCCc1ccc(CCCCOCCCCCN(CC(=O)c2ccc(OCc3ccccc3)c(NC=O)c2)Cc2ccccc2)cc1. The van der Waals surface area contributed by atoms with Crippen LogP contribution in [0.5, 0.6) is 5.75 Å². The number of unbranched alkanes of at least 4 members (excludes halogenated alkanes) is 3. The Kier molecular flexibility index (Phi) is 17.1. The van der Waals surface area contributed by atoms with E-state index in [2.05, 4.69) is 46.6 Å². The van der Waals surface area contributed by atoms with Crippen molar-refractivity contribution in [3.8, 4) is 5.75 Å². The van der Waals surface area contributed by atoms with E-state index in [4.69, 9.17) is 14.2 Å². The molecule has 0 bridgehead atoms. The van der Waals surface area contributed by atoms with Gasteiger partial charge in [0.1, 0.15) is 12.4 Å². The second-order valence-electron chi connectivity index (χ2n) is 12.4. The third-order valence-corrected chi connectivity index (χ3v) is 8.47. The molecule has 260 valence electrons. The van der Waals surface area contributed by atoms with Crippen molar-refractivity contribution in [1.29, 1.82) is 0 Å². The van der Waals surface area contributed by atoms with Gasteiger partial charge in [0.05, 0.1) is 12.2 Å². The van der Waals surface area contributed by atoms with Crippen molar-refractivity contribution in [3.63, 3.8) is 0 Å². The van der Waals surface area contributed by atoms with Crippen LogP contribution in [0, 0.1) is 0 Å². The molecule has 4 rings (SSSR count). The standard InChI is InChI=1S/C42H52N2O5/c1-47-27-13-19-36-22-20-35(21-23-36)14-9-12-29-48-28-11-4-10-26-44(31-37-15-5-2-6-16-37)32-41(46)39-24-25-42(40(30-39)43-34-45)49-33-38-17-7-3-8-18-38/h2-3,5-8,15-18,20-25,30,34H,4,9-14,19,26-29,31-33H2,1H3,(H,43,45). The summed E-state index contributed by atoms with van der Waals surface area (Å²) in [5.74, 6) is 0.524. The molecule has 0 saturated heterocycles. The first-order valence-electron chi connectivity index (χ1n) is 17.6. The average molecular weight is 665 g/mol. The maximum absolute atomic E-state index is 13.5. The highest BCUT2D eigenvalue weighted by molar-refractivity contribution is 5.99. The number of hydrogen-bond acceptors (Lipinski definition) is 6. The monoisotopic (exact) mass is 664 g/mol. The fraction of sp³-hybridized carbons (Fsp3) is 0.381. The Morgan fingerprint density at radius 2 is 1.35 bits per heavy atom. The minimum atomic E-state index is 0.000779. The van der Waals surface area contributed by atoms with E-state index in [1.807, 2.05) is 48.5 Å². The van der Waals surface area contributed by atoms with Crippen molar-refractivity contribution in [2.24, 2.45) is 0 Å². The number of methoxy groups -OCH3 is 1. The molecule has 0 saturated carbocycles. The normalized spacial score (nSPS) is 11.1. The number of carbonyl (C=O) groups is 2. The number of rotatable bonds is 25. The lowest BCUT2D eigenvalue weighted by Gasteiger charge is -2.22. The highest BCUT2D eigenvalue weighted by Crippen LogP contribution is 2.27. The Balaban J connectivity index is 1.18. The third kappa shape index (κ3) is 14.4. The van der Waals surface area contributed by atoms with E-state index in [0.29, 0.717) is 36.6 Å². The van der Waals surface area contributed by atoms with Gasteiger partial charge in [0.25, 0.3) is 0 Å². The number of nitrogens with zero attached hydrogens (tertiary/aromatic N) is 1. The molecule has 0 aliphatic heterocycles. The van der Waals surface area contributed by atoms with Crippen molar-refractivity contribution in [3.05, 3.63) is 131 Å². The zero-order chi connectivity index (χ0) is 34.4. The fourth-order valence-electron chi connectivity index (χ4n) is 5.74. The second kappa shape index (κ2) is 22.4. The van der Waals surface area contributed by atoms with Crippen molar-refractivity contribution in [2.45, 2.75) is 64.5 Å². The van der Waals surface area contributed by atoms with Gasteiger partial charge in [0.15, 0.2) is 5.78 Å². The molecule has 0 aliphatic carbocycles. The molecule has 49 heavy (non-hydrogen) atoms. The zero-order valence-electron chi connectivity index (χ0n) is 29.0. The summed E-state index contributed by atoms with van der Waals surface area (Å²) in [5, 5.41) is 2.70. The molecule has 4 aromatic rings. The largest absolute Gasteiger partial charge is 0.487 e. The molecule has 1 N–H and O–H groups in total.